The van der Waals surface area contributed by atoms with Crippen LogP contribution < -0.4 is 10.2 Å². The van der Waals surface area contributed by atoms with E-state index in [4.69, 9.17) is 0 Å². The lowest BCUT2D eigenvalue weighted by atomic mass is 9.73. The maximum Gasteiger partial charge on any atom is 0.226 e. The van der Waals surface area contributed by atoms with Crippen LogP contribution in [0.5, 0.6) is 0 Å². The van der Waals surface area contributed by atoms with Crippen LogP contribution in [0, 0.1) is 22.7 Å². The van der Waals surface area contributed by atoms with Crippen LogP contribution in [-0.2, 0) is 17.9 Å². The van der Waals surface area contributed by atoms with Crippen molar-refractivity contribution in [1.29, 1.82) is 0 Å². The Balaban J connectivity index is 0.000000168. The fourth-order valence-electron chi connectivity index (χ4n) is 10.1. The first-order valence-corrected chi connectivity index (χ1v) is 20.4. The highest BCUT2D eigenvalue weighted by Gasteiger charge is 2.51. The molecule has 4 aromatic carbocycles. The Morgan fingerprint density at radius 2 is 1.11 bits per heavy atom. The SMILES string of the molecule is CCC(=O)N(CC12CN(C)CCC1CN(Cc1ccccc1)C2)c1ccccc1.CN1CCC2CN(Cc3ccccc3)CC2(CNc2ccccc2)C1. The number of nitrogens with zero attached hydrogens (tertiary/aromatic N) is 5. The van der Waals surface area contributed by atoms with E-state index in [-0.39, 0.29) is 11.3 Å². The molecule has 4 atom stereocenters. The summed E-state index contributed by atoms with van der Waals surface area (Å²) in [6.45, 7) is 15.2. The first-order chi connectivity index (χ1) is 26.3. The molecule has 54 heavy (non-hydrogen) atoms. The van der Waals surface area contributed by atoms with Gasteiger partial charge in [-0.15, -0.1) is 0 Å². The van der Waals surface area contributed by atoms with Crippen LogP contribution in [-0.4, -0.2) is 105 Å². The van der Waals surface area contributed by atoms with Gasteiger partial charge in [0, 0.05) is 94.1 Å². The third-order valence-electron chi connectivity index (χ3n) is 12.7. The van der Waals surface area contributed by atoms with E-state index in [0.29, 0.717) is 17.8 Å². The smallest absolute Gasteiger partial charge is 0.226 e. The van der Waals surface area contributed by atoms with Crippen molar-refractivity contribution in [3.8, 4) is 0 Å². The number of benzene rings is 4. The highest BCUT2D eigenvalue weighted by molar-refractivity contribution is 5.93. The molecule has 4 aromatic rings. The number of fused-ring (bicyclic) bond motifs is 2. The topological polar surface area (TPSA) is 45.3 Å². The van der Waals surface area contributed by atoms with Crippen molar-refractivity contribution in [2.45, 2.75) is 39.3 Å². The number of piperidine rings is 2. The number of hydrogen-bond donors (Lipinski definition) is 1. The minimum absolute atomic E-state index is 0.127. The molecule has 4 aliphatic rings. The second-order valence-electron chi connectivity index (χ2n) is 16.9. The highest BCUT2D eigenvalue weighted by Crippen LogP contribution is 2.44. The molecule has 7 heteroatoms. The first kappa shape index (κ1) is 38.3. The van der Waals surface area contributed by atoms with Gasteiger partial charge in [-0.3, -0.25) is 14.6 Å². The second kappa shape index (κ2) is 17.6. The van der Waals surface area contributed by atoms with E-state index in [1.807, 2.05) is 25.1 Å². The zero-order chi connectivity index (χ0) is 37.4. The third-order valence-corrected chi connectivity index (χ3v) is 12.7. The standard InChI is InChI=1S/C25H33N3O.C22H29N3/c1-3-24(29)28(23-12-8-5-9-13-23)20-25-18-26(2)15-14-22(25)17-27(19-25)16-21-10-6-4-7-11-21;1-24-13-12-20-15-25(14-19-8-4-2-5-9-19)18-22(20,17-24)16-23-21-10-6-3-7-11-21/h4-13,22H,3,14-20H2,1-2H3;2-11,20,23H,12-18H2,1H3. The molecule has 1 N–H and O–H groups in total. The molecule has 7 nitrogen and oxygen atoms in total. The number of para-hydroxylation sites is 2. The summed E-state index contributed by atoms with van der Waals surface area (Å²) < 4.78 is 0. The summed E-state index contributed by atoms with van der Waals surface area (Å²) in [5, 5.41) is 3.73. The van der Waals surface area contributed by atoms with Crippen molar-refractivity contribution >= 4 is 17.3 Å². The predicted molar refractivity (Wildman–Crippen MR) is 224 cm³/mol. The van der Waals surface area contributed by atoms with E-state index >= 15 is 0 Å². The van der Waals surface area contributed by atoms with Gasteiger partial charge in [0.15, 0.2) is 0 Å². The lowest BCUT2D eigenvalue weighted by Crippen LogP contribution is -2.54. The molecule has 0 aromatic heterocycles. The fraction of sp³-hybridized carbons (Fsp3) is 0.468. The van der Waals surface area contributed by atoms with Gasteiger partial charge >= 0.3 is 0 Å². The molecule has 4 heterocycles. The van der Waals surface area contributed by atoms with Crippen LogP contribution in [0.25, 0.3) is 0 Å². The second-order valence-corrected chi connectivity index (χ2v) is 16.9. The summed E-state index contributed by atoms with van der Waals surface area (Å²) in [6, 6.07) is 42.6. The lowest BCUT2D eigenvalue weighted by Gasteiger charge is -2.45. The van der Waals surface area contributed by atoms with Gasteiger partial charge in [-0.1, -0.05) is 104 Å². The van der Waals surface area contributed by atoms with Gasteiger partial charge < -0.3 is 20.0 Å². The first-order valence-electron chi connectivity index (χ1n) is 20.4. The maximum absolute atomic E-state index is 12.9. The largest absolute Gasteiger partial charge is 0.384 e. The van der Waals surface area contributed by atoms with Gasteiger partial charge in [0.1, 0.15) is 0 Å². The number of rotatable bonds is 11. The van der Waals surface area contributed by atoms with Crippen molar-refractivity contribution in [2.24, 2.45) is 22.7 Å². The van der Waals surface area contributed by atoms with E-state index < -0.39 is 0 Å². The molecule has 0 aliphatic carbocycles. The minimum atomic E-state index is 0.127. The van der Waals surface area contributed by atoms with Crippen LogP contribution in [0.1, 0.15) is 37.3 Å². The van der Waals surface area contributed by atoms with Gasteiger partial charge in [-0.25, -0.2) is 0 Å². The quantitative estimate of drug-likeness (QED) is 0.174. The summed E-state index contributed by atoms with van der Waals surface area (Å²) in [5.41, 5.74) is 5.56. The van der Waals surface area contributed by atoms with Crippen molar-refractivity contribution in [2.75, 3.05) is 89.8 Å². The normalized spacial score (nSPS) is 26.0. The molecule has 4 saturated heterocycles. The molecular formula is C47H62N6O. The Morgan fingerprint density at radius 1 is 0.648 bits per heavy atom. The average Bonchev–Trinajstić information content (AvgIpc) is 3.74. The van der Waals surface area contributed by atoms with Crippen molar-refractivity contribution in [3.63, 3.8) is 0 Å². The van der Waals surface area contributed by atoms with Crippen molar-refractivity contribution in [3.05, 3.63) is 132 Å². The van der Waals surface area contributed by atoms with E-state index in [0.717, 1.165) is 64.0 Å². The van der Waals surface area contributed by atoms with E-state index in [9.17, 15) is 4.79 Å². The zero-order valence-corrected chi connectivity index (χ0v) is 33.0. The van der Waals surface area contributed by atoms with Crippen LogP contribution in [0.15, 0.2) is 121 Å². The maximum atomic E-state index is 12.9. The summed E-state index contributed by atoms with van der Waals surface area (Å²) in [6.07, 6.45) is 3.07. The lowest BCUT2D eigenvalue weighted by molar-refractivity contribution is -0.118. The Bertz CT molecular complexity index is 1740. The van der Waals surface area contributed by atoms with Crippen LogP contribution in [0.4, 0.5) is 11.4 Å². The molecule has 286 valence electrons. The van der Waals surface area contributed by atoms with E-state index in [2.05, 4.69) is 147 Å². The summed E-state index contributed by atoms with van der Waals surface area (Å²) in [4.78, 5) is 25.2. The summed E-state index contributed by atoms with van der Waals surface area (Å²) in [7, 11) is 4.51. The average molecular weight is 727 g/mol. The molecule has 0 bridgehead atoms. The number of carbonyl (C=O) groups is 1. The van der Waals surface area contributed by atoms with Gasteiger partial charge in [0.25, 0.3) is 0 Å². The minimum Gasteiger partial charge on any atom is -0.384 e. The van der Waals surface area contributed by atoms with Gasteiger partial charge in [-0.2, -0.15) is 0 Å². The third kappa shape index (κ3) is 9.26. The Labute approximate surface area is 324 Å². The summed E-state index contributed by atoms with van der Waals surface area (Å²) in [5.74, 6) is 1.65. The number of amides is 1. The Morgan fingerprint density at radius 3 is 1.65 bits per heavy atom. The van der Waals surface area contributed by atoms with Crippen LogP contribution in [0.2, 0.25) is 0 Å². The number of hydrogen-bond acceptors (Lipinski definition) is 6. The molecule has 4 fully saturated rings. The molecule has 0 saturated carbocycles. The van der Waals surface area contributed by atoms with Gasteiger partial charge in [0.05, 0.1) is 0 Å². The zero-order valence-electron chi connectivity index (χ0n) is 33.0. The molecule has 4 aliphatic heterocycles. The fourth-order valence-corrected chi connectivity index (χ4v) is 10.1. The molecular weight excluding hydrogens is 665 g/mol. The van der Waals surface area contributed by atoms with Crippen LogP contribution >= 0.6 is 0 Å². The monoisotopic (exact) mass is 726 g/mol. The molecule has 0 spiro atoms. The Hall–Kier alpha value is -4.01. The van der Waals surface area contributed by atoms with E-state index in [1.165, 1.54) is 55.8 Å². The number of nitrogens with one attached hydrogen (secondary N) is 1. The van der Waals surface area contributed by atoms with Crippen molar-refractivity contribution < 1.29 is 4.79 Å². The van der Waals surface area contributed by atoms with Crippen molar-refractivity contribution in [1.82, 2.24) is 19.6 Å². The predicted octanol–water partition coefficient (Wildman–Crippen LogP) is 7.44. The number of carbonyl (C=O) groups excluding carboxylic acids is 1. The number of likely N-dealkylation sites (tertiary alicyclic amines) is 4. The molecule has 1 amide bonds. The highest BCUT2D eigenvalue weighted by atomic mass is 16.2. The van der Waals surface area contributed by atoms with Crippen LogP contribution in [0.3, 0.4) is 0 Å². The van der Waals surface area contributed by atoms with E-state index in [1.54, 1.807) is 0 Å². The Kier molecular flexibility index (Phi) is 12.5. The molecule has 4 unspecified atom stereocenters. The van der Waals surface area contributed by atoms with Gasteiger partial charge in [-0.05, 0) is 87.3 Å². The van der Waals surface area contributed by atoms with Gasteiger partial charge in [0.2, 0.25) is 5.91 Å². The summed E-state index contributed by atoms with van der Waals surface area (Å²) >= 11 is 0. The number of anilines is 2. The molecule has 8 rings (SSSR count). The molecule has 0 radical (unpaired) electrons.